The van der Waals surface area contributed by atoms with Crippen molar-refractivity contribution >= 4 is 5.97 Å². The van der Waals surface area contributed by atoms with Gasteiger partial charge in [0.15, 0.2) is 0 Å². The highest BCUT2D eigenvalue weighted by Gasteiger charge is 2.15. The van der Waals surface area contributed by atoms with Crippen LogP contribution in [0.1, 0.15) is 32.6 Å². The molecule has 1 aromatic carbocycles. The smallest absolute Gasteiger partial charge is 0.241 e. The van der Waals surface area contributed by atoms with E-state index in [4.69, 9.17) is 0 Å². The Balaban J connectivity index is 3.56. The minimum Gasteiger partial charge on any atom is -0.241 e. The van der Waals surface area contributed by atoms with Crippen molar-refractivity contribution in [3.8, 4) is 0 Å². The van der Waals surface area contributed by atoms with Gasteiger partial charge >= 0.3 is 5.97 Å². The van der Waals surface area contributed by atoms with Gasteiger partial charge in [0.2, 0.25) is 0 Å². The van der Waals surface area contributed by atoms with E-state index in [1.165, 1.54) is 0 Å². The Kier molecular flexibility index (Phi) is 2.41. The van der Waals surface area contributed by atoms with E-state index in [-0.39, 0.29) is 0 Å². The molecule has 0 heterocycles. The lowest BCUT2D eigenvalue weighted by Gasteiger charge is -2.10. The van der Waals surface area contributed by atoms with Gasteiger partial charge in [0.05, 0.1) is 5.56 Å². The molecular formula is C11H13O2. The maximum absolute atomic E-state index is 10.8. The van der Waals surface area contributed by atoms with Crippen molar-refractivity contribution in [2.75, 3.05) is 0 Å². The van der Waals surface area contributed by atoms with Gasteiger partial charge in [-0.3, -0.25) is 0 Å². The van der Waals surface area contributed by atoms with E-state index in [2.05, 4.69) is 0 Å². The number of hydrogen-bond donors (Lipinski definition) is 0. The van der Waals surface area contributed by atoms with Crippen LogP contribution < -0.4 is 0 Å². The van der Waals surface area contributed by atoms with Crippen LogP contribution in [0.15, 0.2) is 6.07 Å². The molecule has 0 amide bonds. The molecule has 0 saturated heterocycles. The van der Waals surface area contributed by atoms with Crippen LogP contribution in [0.25, 0.3) is 0 Å². The molecule has 0 unspecified atom stereocenters. The van der Waals surface area contributed by atoms with E-state index >= 15 is 0 Å². The summed E-state index contributed by atoms with van der Waals surface area (Å²) in [4.78, 5) is 10.8. The quantitative estimate of drug-likeness (QED) is 0.649. The van der Waals surface area contributed by atoms with E-state index in [0.717, 1.165) is 22.3 Å². The molecule has 69 valence electrons. The molecule has 0 N–H and O–H groups in total. The zero-order valence-electron chi connectivity index (χ0n) is 8.39. The van der Waals surface area contributed by atoms with Gasteiger partial charge in [-0.1, -0.05) is 6.07 Å². The first kappa shape index (κ1) is 9.78. The molecule has 13 heavy (non-hydrogen) atoms. The Morgan fingerprint density at radius 2 is 1.38 bits per heavy atom. The zero-order valence-corrected chi connectivity index (χ0v) is 8.39. The summed E-state index contributed by atoms with van der Waals surface area (Å²) in [6.07, 6.45) is 0. The number of benzene rings is 1. The molecule has 0 atom stereocenters. The molecule has 0 saturated carbocycles. The van der Waals surface area contributed by atoms with Crippen LogP contribution in [0.4, 0.5) is 0 Å². The predicted molar refractivity (Wildman–Crippen MR) is 50.4 cm³/mol. The monoisotopic (exact) mass is 177 g/mol. The van der Waals surface area contributed by atoms with E-state index in [0.29, 0.717) is 5.56 Å². The van der Waals surface area contributed by atoms with Crippen LogP contribution in [0.2, 0.25) is 0 Å². The molecule has 1 radical (unpaired) electrons. The summed E-state index contributed by atoms with van der Waals surface area (Å²) >= 11 is 0. The lowest BCUT2D eigenvalue weighted by molar-refractivity contribution is 0.0571. The fourth-order valence-corrected chi connectivity index (χ4v) is 1.52. The first-order valence-electron chi connectivity index (χ1n) is 4.24. The van der Waals surface area contributed by atoms with Crippen molar-refractivity contribution in [3.05, 3.63) is 33.9 Å². The van der Waals surface area contributed by atoms with E-state index < -0.39 is 5.97 Å². The molecule has 1 rings (SSSR count). The Labute approximate surface area is 78.2 Å². The predicted octanol–water partition coefficient (Wildman–Crippen LogP) is 2.49. The number of rotatable bonds is 1. The van der Waals surface area contributed by atoms with Crippen molar-refractivity contribution in [1.82, 2.24) is 0 Å². The van der Waals surface area contributed by atoms with Crippen molar-refractivity contribution in [2.45, 2.75) is 27.7 Å². The van der Waals surface area contributed by atoms with E-state index in [1.54, 1.807) is 0 Å². The van der Waals surface area contributed by atoms with Crippen LogP contribution in [0.5, 0.6) is 0 Å². The highest BCUT2D eigenvalue weighted by Crippen LogP contribution is 2.21. The Morgan fingerprint density at radius 1 is 1.00 bits per heavy atom. The minimum atomic E-state index is -1.08. The van der Waals surface area contributed by atoms with Crippen molar-refractivity contribution in [2.24, 2.45) is 0 Å². The molecule has 0 aliphatic carbocycles. The zero-order chi connectivity index (χ0) is 10.2. The summed E-state index contributed by atoms with van der Waals surface area (Å²) in [6, 6.07) is 2.00. The summed E-state index contributed by atoms with van der Waals surface area (Å²) < 4.78 is 0. The van der Waals surface area contributed by atoms with E-state index in [1.807, 2.05) is 33.8 Å². The summed E-state index contributed by atoms with van der Waals surface area (Å²) in [5.74, 6) is -1.08. The molecule has 0 spiro atoms. The van der Waals surface area contributed by atoms with Gasteiger partial charge < -0.3 is 0 Å². The average molecular weight is 177 g/mol. The third kappa shape index (κ3) is 1.57. The molecule has 0 bridgehead atoms. The van der Waals surface area contributed by atoms with Gasteiger partial charge in [-0.25, -0.2) is 9.90 Å². The largest absolute Gasteiger partial charge is 0.386 e. The number of aryl methyl sites for hydroxylation is 2. The lowest BCUT2D eigenvalue weighted by Crippen LogP contribution is -2.04. The number of carbonyl (C=O) groups excluding carboxylic acids is 1. The minimum absolute atomic E-state index is 0.345. The van der Waals surface area contributed by atoms with Gasteiger partial charge in [0.25, 0.3) is 0 Å². The number of carbonyl (C=O) groups is 1. The molecular weight excluding hydrogens is 164 g/mol. The molecule has 2 heteroatoms. The highest BCUT2D eigenvalue weighted by atomic mass is 16.4. The molecule has 1 aromatic rings. The maximum atomic E-state index is 10.8. The SMILES string of the molecule is Cc1cc(C)c(C)c(C([O])=O)c1C. The van der Waals surface area contributed by atoms with Gasteiger partial charge in [0, 0.05) is 0 Å². The first-order valence-corrected chi connectivity index (χ1v) is 4.24. The normalized spacial score (nSPS) is 10.2. The standard InChI is InChI=1S/C11H13O2/c1-6-5-7(2)9(4)10(8(6)3)11(12)13/h5H,1-4H3. The second kappa shape index (κ2) is 3.21. The van der Waals surface area contributed by atoms with E-state index in [9.17, 15) is 9.90 Å². The lowest BCUT2D eigenvalue weighted by atomic mass is 9.94. The third-order valence-corrected chi connectivity index (χ3v) is 2.57. The Bertz CT molecular complexity index is 339. The average Bonchev–Trinajstić information content (AvgIpc) is 2.01. The summed E-state index contributed by atoms with van der Waals surface area (Å²) in [6.45, 7) is 7.45. The van der Waals surface area contributed by atoms with Crippen LogP contribution in [-0.2, 0) is 5.11 Å². The van der Waals surface area contributed by atoms with Gasteiger partial charge in [-0.2, -0.15) is 0 Å². The molecule has 0 aliphatic rings. The van der Waals surface area contributed by atoms with Gasteiger partial charge in [0.1, 0.15) is 0 Å². The van der Waals surface area contributed by atoms with Crippen LogP contribution in [-0.4, -0.2) is 5.97 Å². The highest BCUT2D eigenvalue weighted by molar-refractivity contribution is 5.91. The molecule has 0 fully saturated rings. The summed E-state index contributed by atoms with van der Waals surface area (Å²) in [5.41, 5.74) is 3.97. The number of hydrogen-bond acceptors (Lipinski definition) is 1. The Morgan fingerprint density at radius 3 is 1.69 bits per heavy atom. The molecule has 0 aliphatic heterocycles. The van der Waals surface area contributed by atoms with Crippen molar-refractivity contribution in [1.29, 1.82) is 0 Å². The fourth-order valence-electron chi connectivity index (χ4n) is 1.52. The maximum Gasteiger partial charge on any atom is 0.386 e. The van der Waals surface area contributed by atoms with Gasteiger partial charge in [-0.15, -0.1) is 0 Å². The summed E-state index contributed by atoms with van der Waals surface area (Å²) in [7, 11) is 0. The third-order valence-electron chi connectivity index (χ3n) is 2.57. The first-order chi connectivity index (χ1) is 5.95. The molecule has 0 aromatic heterocycles. The van der Waals surface area contributed by atoms with Crippen LogP contribution >= 0.6 is 0 Å². The topological polar surface area (TPSA) is 37.0 Å². The van der Waals surface area contributed by atoms with Crippen molar-refractivity contribution in [3.63, 3.8) is 0 Å². The van der Waals surface area contributed by atoms with Crippen LogP contribution in [0, 0.1) is 27.7 Å². The molecule has 2 nitrogen and oxygen atoms in total. The second-order valence-electron chi connectivity index (χ2n) is 3.42. The Hall–Kier alpha value is -1.31. The van der Waals surface area contributed by atoms with Gasteiger partial charge in [-0.05, 0) is 49.9 Å². The van der Waals surface area contributed by atoms with Crippen LogP contribution in [0.3, 0.4) is 0 Å². The van der Waals surface area contributed by atoms with Crippen molar-refractivity contribution < 1.29 is 9.90 Å². The summed E-state index contributed by atoms with van der Waals surface area (Å²) in [5, 5.41) is 10.8. The fraction of sp³-hybridized carbons (Fsp3) is 0.364. The second-order valence-corrected chi connectivity index (χ2v) is 3.42.